The van der Waals surface area contributed by atoms with Crippen molar-refractivity contribution in [1.29, 1.82) is 0 Å². The highest BCUT2D eigenvalue weighted by molar-refractivity contribution is 7.89. The highest BCUT2D eigenvalue weighted by Crippen LogP contribution is 2.24. The Morgan fingerprint density at radius 1 is 0.909 bits per heavy atom. The maximum Gasteiger partial charge on any atom is 0.227 e. The number of carbonyl (C=O) groups excluding carboxylic acids is 1. The van der Waals surface area contributed by atoms with E-state index >= 15 is 0 Å². The van der Waals surface area contributed by atoms with Gasteiger partial charge in [0.25, 0.3) is 0 Å². The molecular formula is C25H34N4O3S. The Morgan fingerprint density at radius 3 is 2.15 bits per heavy atom. The number of sulfonamides is 1. The number of nitrogens with one attached hydrogen (secondary N) is 1. The molecule has 0 spiro atoms. The Morgan fingerprint density at radius 2 is 1.55 bits per heavy atom. The number of amides is 1. The van der Waals surface area contributed by atoms with Crippen molar-refractivity contribution in [2.24, 2.45) is 5.92 Å². The fourth-order valence-corrected chi connectivity index (χ4v) is 5.72. The summed E-state index contributed by atoms with van der Waals surface area (Å²) in [5.41, 5.74) is 3.31. The maximum atomic E-state index is 12.7. The fraction of sp³-hybridized carbons (Fsp3) is 0.480. The van der Waals surface area contributed by atoms with Crippen LogP contribution in [-0.2, 0) is 21.4 Å². The normalized spacial score (nSPS) is 18.9. The van der Waals surface area contributed by atoms with Gasteiger partial charge in [-0.15, -0.1) is 0 Å². The van der Waals surface area contributed by atoms with Crippen LogP contribution in [0.5, 0.6) is 0 Å². The molecule has 0 radical (unpaired) electrons. The van der Waals surface area contributed by atoms with Crippen molar-refractivity contribution in [3.05, 3.63) is 60.2 Å². The molecule has 8 heteroatoms. The molecule has 2 fully saturated rings. The summed E-state index contributed by atoms with van der Waals surface area (Å²) in [6.45, 7) is 7.51. The second kappa shape index (κ2) is 10.7. The molecule has 2 heterocycles. The van der Waals surface area contributed by atoms with Crippen molar-refractivity contribution in [2.45, 2.75) is 26.3 Å². The van der Waals surface area contributed by atoms with Gasteiger partial charge in [-0.25, -0.2) is 12.7 Å². The van der Waals surface area contributed by atoms with Crippen LogP contribution < -0.4 is 10.2 Å². The number of nitrogens with zero attached hydrogens (tertiary/aromatic N) is 3. The number of piperidine rings is 1. The largest absolute Gasteiger partial charge is 0.369 e. The van der Waals surface area contributed by atoms with Crippen LogP contribution in [0.4, 0.5) is 11.4 Å². The molecule has 33 heavy (non-hydrogen) atoms. The van der Waals surface area contributed by atoms with Crippen LogP contribution in [-0.4, -0.2) is 68.6 Å². The minimum Gasteiger partial charge on any atom is -0.369 e. The van der Waals surface area contributed by atoms with E-state index in [1.165, 1.54) is 15.6 Å². The first-order valence-corrected chi connectivity index (χ1v) is 13.5. The first-order valence-electron chi connectivity index (χ1n) is 11.8. The highest BCUT2D eigenvalue weighted by atomic mass is 32.2. The Hall–Kier alpha value is -2.42. The number of anilines is 2. The lowest BCUT2D eigenvalue weighted by Crippen LogP contribution is -2.45. The Balaban J connectivity index is 1.24. The van der Waals surface area contributed by atoms with E-state index in [1.54, 1.807) is 6.92 Å². The average Bonchev–Trinajstić information content (AvgIpc) is 2.86. The Bertz CT molecular complexity index is 1010. The van der Waals surface area contributed by atoms with E-state index in [0.29, 0.717) is 25.9 Å². The highest BCUT2D eigenvalue weighted by Gasteiger charge is 2.30. The van der Waals surface area contributed by atoms with Crippen LogP contribution in [0.25, 0.3) is 0 Å². The Kier molecular flexibility index (Phi) is 7.67. The number of hydrogen-bond donors (Lipinski definition) is 1. The van der Waals surface area contributed by atoms with Gasteiger partial charge in [0, 0.05) is 63.1 Å². The molecule has 2 aromatic carbocycles. The standard InChI is InChI=1S/C25H34N4O3S/c1-2-33(31,32)29-14-12-22(13-15-29)25(30)26-23-8-10-24(11-9-23)28-18-16-27(17-19-28)20-21-6-4-3-5-7-21/h3-11,22H,2,12-20H2,1H3,(H,26,30). The monoisotopic (exact) mass is 470 g/mol. The van der Waals surface area contributed by atoms with Gasteiger partial charge in [0.1, 0.15) is 0 Å². The van der Waals surface area contributed by atoms with Crippen LogP contribution >= 0.6 is 0 Å². The first-order chi connectivity index (χ1) is 15.9. The second-order valence-corrected chi connectivity index (χ2v) is 11.1. The third-order valence-corrected chi connectivity index (χ3v) is 8.59. The summed E-state index contributed by atoms with van der Waals surface area (Å²) in [6.07, 6.45) is 1.13. The molecule has 178 valence electrons. The molecule has 0 aromatic heterocycles. The number of hydrogen-bond acceptors (Lipinski definition) is 5. The lowest BCUT2D eigenvalue weighted by atomic mass is 9.97. The van der Waals surface area contributed by atoms with E-state index in [9.17, 15) is 13.2 Å². The van der Waals surface area contributed by atoms with Crippen LogP contribution in [0.3, 0.4) is 0 Å². The smallest absolute Gasteiger partial charge is 0.227 e. The van der Waals surface area contributed by atoms with E-state index in [-0.39, 0.29) is 17.6 Å². The molecule has 0 aliphatic carbocycles. The number of benzene rings is 2. The van der Waals surface area contributed by atoms with Crippen molar-refractivity contribution in [3.8, 4) is 0 Å². The lowest BCUT2D eigenvalue weighted by Gasteiger charge is -2.36. The molecule has 4 rings (SSSR count). The number of piperazine rings is 1. The van der Waals surface area contributed by atoms with E-state index in [2.05, 4.69) is 57.6 Å². The minimum atomic E-state index is -3.17. The third kappa shape index (κ3) is 6.13. The summed E-state index contributed by atoms with van der Waals surface area (Å²) >= 11 is 0. The summed E-state index contributed by atoms with van der Waals surface area (Å²) in [5.74, 6) is -0.0605. The molecule has 1 N–H and O–H groups in total. The zero-order valence-corrected chi connectivity index (χ0v) is 20.1. The van der Waals surface area contributed by atoms with Gasteiger partial charge in [0.2, 0.25) is 15.9 Å². The van der Waals surface area contributed by atoms with Gasteiger partial charge in [-0.3, -0.25) is 9.69 Å². The van der Waals surface area contributed by atoms with Crippen LogP contribution in [0.2, 0.25) is 0 Å². The van der Waals surface area contributed by atoms with Gasteiger partial charge in [-0.05, 0) is 49.6 Å². The molecule has 0 atom stereocenters. The number of rotatable bonds is 7. The van der Waals surface area contributed by atoms with E-state index in [4.69, 9.17) is 0 Å². The van der Waals surface area contributed by atoms with Gasteiger partial charge in [0.05, 0.1) is 5.75 Å². The summed E-state index contributed by atoms with van der Waals surface area (Å²) in [4.78, 5) is 17.5. The van der Waals surface area contributed by atoms with Crippen LogP contribution in [0.1, 0.15) is 25.3 Å². The average molecular weight is 471 g/mol. The third-order valence-electron chi connectivity index (χ3n) is 6.70. The fourth-order valence-electron chi connectivity index (χ4n) is 4.58. The summed E-state index contributed by atoms with van der Waals surface area (Å²) < 4.78 is 25.5. The molecule has 2 saturated heterocycles. The summed E-state index contributed by atoms with van der Waals surface area (Å²) in [6, 6.07) is 18.6. The van der Waals surface area contributed by atoms with Crippen LogP contribution in [0.15, 0.2) is 54.6 Å². The summed E-state index contributed by atoms with van der Waals surface area (Å²) in [7, 11) is -3.17. The van der Waals surface area contributed by atoms with Gasteiger partial charge < -0.3 is 10.2 Å². The molecule has 1 amide bonds. The van der Waals surface area contributed by atoms with Crippen molar-refractivity contribution in [3.63, 3.8) is 0 Å². The summed E-state index contributed by atoms with van der Waals surface area (Å²) in [5, 5.41) is 3.01. The second-order valence-electron chi connectivity index (χ2n) is 8.86. The molecule has 0 bridgehead atoms. The quantitative estimate of drug-likeness (QED) is 0.674. The molecule has 2 aromatic rings. The SMILES string of the molecule is CCS(=O)(=O)N1CCC(C(=O)Nc2ccc(N3CCN(Cc4ccccc4)CC3)cc2)CC1. The predicted octanol–water partition coefficient (Wildman–Crippen LogP) is 3.01. The van der Waals surface area contributed by atoms with Gasteiger partial charge >= 0.3 is 0 Å². The van der Waals surface area contributed by atoms with Gasteiger partial charge in [-0.1, -0.05) is 30.3 Å². The van der Waals surface area contributed by atoms with Crippen LogP contribution in [0, 0.1) is 5.92 Å². The minimum absolute atomic E-state index is 0.0224. The zero-order valence-electron chi connectivity index (χ0n) is 19.3. The first kappa shape index (κ1) is 23.7. The molecule has 0 unspecified atom stereocenters. The lowest BCUT2D eigenvalue weighted by molar-refractivity contribution is -0.120. The van der Waals surface area contributed by atoms with Crippen molar-refractivity contribution < 1.29 is 13.2 Å². The van der Waals surface area contributed by atoms with Crippen molar-refractivity contribution >= 4 is 27.3 Å². The van der Waals surface area contributed by atoms with E-state index < -0.39 is 10.0 Å². The molecular weight excluding hydrogens is 436 g/mol. The topological polar surface area (TPSA) is 73.0 Å². The van der Waals surface area contributed by atoms with E-state index in [1.807, 2.05) is 12.1 Å². The maximum absolute atomic E-state index is 12.7. The number of carbonyl (C=O) groups is 1. The molecule has 2 aliphatic rings. The molecule has 0 saturated carbocycles. The van der Waals surface area contributed by atoms with E-state index in [0.717, 1.165) is 38.4 Å². The van der Waals surface area contributed by atoms with Gasteiger partial charge in [-0.2, -0.15) is 0 Å². The molecule has 2 aliphatic heterocycles. The van der Waals surface area contributed by atoms with Crippen molar-refractivity contribution in [1.82, 2.24) is 9.21 Å². The van der Waals surface area contributed by atoms with Gasteiger partial charge in [0.15, 0.2) is 0 Å². The van der Waals surface area contributed by atoms with Crippen molar-refractivity contribution in [2.75, 3.05) is 55.2 Å². The zero-order chi connectivity index (χ0) is 23.3. The predicted molar refractivity (Wildman–Crippen MR) is 133 cm³/mol. The molecule has 7 nitrogen and oxygen atoms in total. The Labute approximate surface area is 197 Å².